The van der Waals surface area contributed by atoms with Crippen molar-refractivity contribution in [1.82, 2.24) is 15.2 Å². The van der Waals surface area contributed by atoms with Crippen LogP contribution in [0.15, 0.2) is 66.9 Å². The van der Waals surface area contributed by atoms with Crippen molar-refractivity contribution in [1.29, 1.82) is 0 Å². The molecule has 1 aliphatic carbocycles. The van der Waals surface area contributed by atoms with E-state index < -0.39 is 6.04 Å². The number of fused-ring (bicyclic) bond motifs is 1. The molecule has 10 heteroatoms. The van der Waals surface area contributed by atoms with E-state index >= 15 is 0 Å². The first-order valence-electron chi connectivity index (χ1n) is 14.8. The van der Waals surface area contributed by atoms with Gasteiger partial charge in [-0.1, -0.05) is 43.5 Å². The van der Waals surface area contributed by atoms with Gasteiger partial charge in [-0.05, 0) is 66.8 Å². The van der Waals surface area contributed by atoms with E-state index in [1.54, 1.807) is 48.5 Å². The number of methoxy groups -OCH3 is 1. The van der Waals surface area contributed by atoms with Gasteiger partial charge in [0.2, 0.25) is 24.5 Å². The molecule has 2 aromatic carbocycles. The molecule has 1 fully saturated rings. The second-order valence-electron chi connectivity index (χ2n) is 10.8. The number of carbonyl (C=O) groups excluding carboxylic acids is 3. The maximum absolute atomic E-state index is 14.0. The largest absolute Gasteiger partial charge is 0.497 e. The maximum atomic E-state index is 14.0. The Labute approximate surface area is 251 Å². The standard InChI is InChI=1S/C33H38N4O6/c1-41-26-16-14-24(15-17-26)32(33(40)35-25-8-3-2-4-9-25)37(21-23-13-18-27-28(20-23)43-22-42-27)31(39)12-7-11-30(38)36-29-10-5-6-19-34-29/h5-6,10,13-20,25,32H,2-4,7-9,11-12,21-22H2,1H3,(H,35,40)(H,34,36,38). The summed E-state index contributed by atoms with van der Waals surface area (Å²) >= 11 is 0. The highest BCUT2D eigenvalue weighted by Crippen LogP contribution is 2.34. The Morgan fingerprint density at radius 1 is 0.977 bits per heavy atom. The van der Waals surface area contributed by atoms with Crippen LogP contribution in [0.3, 0.4) is 0 Å². The quantitative estimate of drug-likeness (QED) is 0.301. The molecule has 3 aromatic rings. The number of ether oxygens (including phenoxy) is 3. The van der Waals surface area contributed by atoms with Crippen LogP contribution in [0.5, 0.6) is 17.2 Å². The summed E-state index contributed by atoms with van der Waals surface area (Å²) in [6.07, 6.45) is 7.28. The molecule has 1 unspecified atom stereocenters. The van der Waals surface area contributed by atoms with E-state index in [9.17, 15) is 14.4 Å². The first-order valence-corrected chi connectivity index (χ1v) is 14.8. The highest BCUT2D eigenvalue weighted by molar-refractivity contribution is 5.91. The molecule has 0 bridgehead atoms. The minimum Gasteiger partial charge on any atom is -0.497 e. The molecule has 5 rings (SSSR count). The van der Waals surface area contributed by atoms with Crippen LogP contribution in [0.1, 0.15) is 68.5 Å². The van der Waals surface area contributed by atoms with Crippen LogP contribution in [0.25, 0.3) is 0 Å². The number of aromatic nitrogens is 1. The summed E-state index contributed by atoms with van der Waals surface area (Å²) in [6.45, 7) is 0.310. The number of amides is 3. The summed E-state index contributed by atoms with van der Waals surface area (Å²) in [7, 11) is 1.59. The van der Waals surface area contributed by atoms with E-state index in [1.165, 1.54) is 0 Å². The fourth-order valence-corrected chi connectivity index (χ4v) is 5.53. The van der Waals surface area contributed by atoms with Crippen LogP contribution < -0.4 is 24.8 Å². The third kappa shape index (κ3) is 8.03. The van der Waals surface area contributed by atoms with Crippen molar-refractivity contribution in [2.24, 2.45) is 0 Å². The summed E-state index contributed by atoms with van der Waals surface area (Å²) in [6, 6.07) is 17.2. The molecule has 2 heterocycles. The second kappa shape index (κ2) is 14.5. The lowest BCUT2D eigenvalue weighted by molar-refractivity contribution is -0.142. The van der Waals surface area contributed by atoms with Crippen LogP contribution in [-0.4, -0.2) is 47.6 Å². The van der Waals surface area contributed by atoms with Gasteiger partial charge in [0.05, 0.1) is 7.11 Å². The number of pyridine rings is 1. The third-order valence-electron chi connectivity index (χ3n) is 7.78. The second-order valence-corrected chi connectivity index (χ2v) is 10.8. The Balaban J connectivity index is 1.38. The first kappa shape index (κ1) is 29.9. The number of hydrogen-bond acceptors (Lipinski definition) is 7. The van der Waals surface area contributed by atoms with Gasteiger partial charge in [-0.15, -0.1) is 0 Å². The Kier molecular flexibility index (Phi) is 10.1. The smallest absolute Gasteiger partial charge is 0.247 e. The van der Waals surface area contributed by atoms with Gasteiger partial charge < -0.3 is 29.7 Å². The highest BCUT2D eigenvalue weighted by atomic mass is 16.7. The molecule has 0 spiro atoms. The van der Waals surface area contributed by atoms with E-state index in [-0.39, 0.29) is 49.9 Å². The van der Waals surface area contributed by atoms with Crippen molar-refractivity contribution >= 4 is 23.5 Å². The van der Waals surface area contributed by atoms with Crippen molar-refractivity contribution in [2.45, 2.75) is 70.0 Å². The van der Waals surface area contributed by atoms with E-state index in [2.05, 4.69) is 15.6 Å². The number of rotatable bonds is 12. The van der Waals surface area contributed by atoms with Gasteiger partial charge in [-0.2, -0.15) is 0 Å². The van der Waals surface area contributed by atoms with Crippen molar-refractivity contribution in [3.8, 4) is 17.2 Å². The molecular weight excluding hydrogens is 548 g/mol. The number of nitrogens with one attached hydrogen (secondary N) is 2. The zero-order valence-electron chi connectivity index (χ0n) is 24.4. The number of anilines is 1. The van der Waals surface area contributed by atoms with Crippen LogP contribution >= 0.6 is 0 Å². The molecule has 2 aliphatic rings. The summed E-state index contributed by atoms with van der Waals surface area (Å²) in [4.78, 5) is 46.3. The zero-order chi connectivity index (χ0) is 30.0. The molecule has 1 aromatic heterocycles. The van der Waals surface area contributed by atoms with E-state index in [0.29, 0.717) is 35.1 Å². The Hall–Kier alpha value is -4.60. The van der Waals surface area contributed by atoms with Gasteiger partial charge in [-0.3, -0.25) is 14.4 Å². The van der Waals surface area contributed by atoms with Gasteiger partial charge in [0.15, 0.2) is 11.5 Å². The minimum atomic E-state index is -0.881. The van der Waals surface area contributed by atoms with Crippen molar-refractivity contribution in [3.63, 3.8) is 0 Å². The molecule has 43 heavy (non-hydrogen) atoms. The number of benzene rings is 2. The van der Waals surface area contributed by atoms with Crippen LogP contribution in [0.2, 0.25) is 0 Å². The fourth-order valence-electron chi connectivity index (χ4n) is 5.53. The van der Waals surface area contributed by atoms with Crippen molar-refractivity contribution in [3.05, 3.63) is 78.0 Å². The van der Waals surface area contributed by atoms with Crippen LogP contribution in [-0.2, 0) is 20.9 Å². The van der Waals surface area contributed by atoms with Gasteiger partial charge in [-0.25, -0.2) is 4.98 Å². The molecule has 2 N–H and O–H groups in total. The summed E-state index contributed by atoms with van der Waals surface area (Å²) in [5, 5.41) is 5.99. The Morgan fingerprint density at radius 3 is 2.51 bits per heavy atom. The average molecular weight is 587 g/mol. The molecule has 1 saturated carbocycles. The zero-order valence-corrected chi connectivity index (χ0v) is 24.4. The third-order valence-corrected chi connectivity index (χ3v) is 7.78. The lowest BCUT2D eigenvalue weighted by atomic mass is 9.94. The molecule has 10 nitrogen and oxygen atoms in total. The monoisotopic (exact) mass is 586 g/mol. The fraction of sp³-hybridized carbons (Fsp3) is 0.394. The topological polar surface area (TPSA) is 119 Å². The van der Waals surface area contributed by atoms with Crippen molar-refractivity contribution in [2.75, 3.05) is 19.2 Å². The lowest BCUT2D eigenvalue weighted by Gasteiger charge is -2.33. The molecule has 3 amide bonds. The van der Waals surface area contributed by atoms with Gasteiger partial charge in [0.1, 0.15) is 17.6 Å². The van der Waals surface area contributed by atoms with Gasteiger partial charge >= 0.3 is 0 Å². The van der Waals surface area contributed by atoms with E-state index in [0.717, 1.165) is 37.7 Å². The van der Waals surface area contributed by atoms with E-state index in [1.807, 2.05) is 30.3 Å². The average Bonchev–Trinajstić information content (AvgIpc) is 3.50. The summed E-state index contributed by atoms with van der Waals surface area (Å²) in [5.41, 5.74) is 1.48. The molecule has 0 saturated heterocycles. The number of hydrogen-bond donors (Lipinski definition) is 2. The normalized spacial score (nSPS) is 14.9. The summed E-state index contributed by atoms with van der Waals surface area (Å²) < 4.78 is 16.4. The Bertz CT molecular complexity index is 1390. The predicted molar refractivity (Wildman–Crippen MR) is 161 cm³/mol. The maximum Gasteiger partial charge on any atom is 0.247 e. The highest BCUT2D eigenvalue weighted by Gasteiger charge is 2.33. The van der Waals surface area contributed by atoms with E-state index in [4.69, 9.17) is 14.2 Å². The number of carbonyl (C=O) groups is 3. The summed E-state index contributed by atoms with van der Waals surface area (Å²) in [5.74, 6) is 1.67. The Morgan fingerprint density at radius 2 is 1.77 bits per heavy atom. The van der Waals surface area contributed by atoms with Crippen LogP contribution in [0, 0.1) is 0 Å². The minimum absolute atomic E-state index is 0.0692. The van der Waals surface area contributed by atoms with Crippen LogP contribution in [0.4, 0.5) is 5.82 Å². The number of nitrogens with zero attached hydrogens (tertiary/aromatic N) is 2. The first-order chi connectivity index (χ1) is 21.0. The van der Waals surface area contributed by atoms with Crippen molar-refractivity contribution < 1.29 is 28.6 Å². The molecule has 226 valence electrons. The predicted octanol–water partition coefficient (Wildman–Crippen LogP) is 5.15. The SMILES string of the molecule is COc1ccc(C(C(=O)NC2CCCCC2)N(Cc2ccc3c(c2)OCO3)C(=O)CCCC(=O)Nc2ccccn2)cc1. The molecule has 1 atom stereocenters. The molecule has 1 aliphatic heterocycles. The van der Waals surface area contributed by atoms with Gasteiger partial charge in [0.25, 0.3) is 0 Å². The molecular formula is C33H38N4O6. The molecule has 0 radical (unpaired) electrons. The van der Waals surface area contributed by atoms with Gasteiger partial charge in [0, 0.05) is 31.6 Å². The lowest BCUT2D eigenvalue weighted by Crippen LogP contribution is -2.46.